The Morgan fingerprint density at radius 3 is 2.55 bits per heavy atom. The predicted molar refractivity (Wildman–Crippen MR) is 120 cm³/mol. The molecule has 0 amide bonds. The van der Waals surface area contributed by atoms with Gasteiger partial charge in [-0.15, -0.1) is 0 Å². The molecule has 0 aliphatic carbocycles. The lowest BCUT2D eigenvalue weighted by molar-refractivity contribution is 0.104. The molecule has 1 aromatic heterocycles. The van der Waals surface area contributed by atoms with E-state index in [1.807, 2.05) is 42.5 Å². The number of hydrogen-bond acceptors (Lipinski definition) is 5. The van der Waals surface area contributed by atoms with Crippen molar-refractivity contribution in [1.29, 1.82) is 0 Å². The Hall–Kier alpha value is -3.99. The van der Waals surface area contributed by atoms with Gasteiger partial charge in [0.25, 0.3) is 0 Å². The lowest BCUT2D eigenvalue weighted by Gasteiger charge is -2.12. The SMILES string of the molecule is COc1ccc(C(=O)C=Cc2cc3ccoc3cc2OC)c(OCc2ccccc2)c1. The Labute approximate surface area is 180 Å². The first-order chi connectivity index (χ1) is 15.2. The van der Waals surface area contributed by atoms with Gasteiger partial charge in [0.15, 0.2) is 5.78 Å². The van der Waals surface area contributed by atoms with E-state index in [1.165, 1.54) is 6.08 Å². The molecule has 0 fully saturated rings. The molecule has 3 aromatic carbocycles. The summed E-state index contributed by atoms with van der Waals surface area (Å²) in [6.07, 6.45) is 4.87. The van der Waals surface area contributed by atoms with E-state index in [0.29, 0.717) is 29.4 Å². The lowest BCUT2D eigenvalue weighted by atomic mass is 10.1. The third-order valence-electron chi connectivity index (χ3n) is 4.91. The van der Waals surface area contributed by atoms with Gasteiger partial charge < -0.3 is 18.6 Å². The van der Waals surface area contributed by atoms with Gasteiger partial charge in [-0.25, -0.2) is 0 Å². The summed E-state index contributed by atoms with van der Waals surface area (Å²) in [4.78, 5) is 13.0. The van der Waals surface area contributed by atoms with Gasteiger partial charge >= 0.3 is 0 Å². The highest BCUT2D eigenvalue weighted by Gasteiger charge is 2.13. The summed E-state index contributed by atoms with van der Waals surface area (Å²) >= 11 is 0. The number of benzene rings is 3. The van der Waals surface area contributed by atoms with Crippen molar-refractivity contribution in [1.82, 2.24) is 0 Å². The van der Waals surface area contributed by atoms with Crippen molar-refractivity contribution in [2.24, 2.45) is 0 Å². The molecule has 1 heterocycles. The number of methoxy groups -OCH3 is 2. The molecule has 0 unspecified atom stereocenters. The van der Waals surface area contributed by atoms with Gasteiger partial charge in [-0.1, -0.05) is 30.3 Å². The minimum atomic E-state index is -0.181. The summed E-state index contributed by atoms with van der Waals surface area (Å²) in [7, 11) is 3.16. The number of rotatable bonds is 8. The van der Waals surface area contributed by atoms with Gasteiger partial charge in [0.2, 0.25) is 0 Å². The van der Waals surface area contributed by atoms with E-state index in [9.17, 15) is 4.79 Å². The third kappa shape index (κ3) is 4.61. The highest BCUT2D eigenvalue weighted by molar-refractivity contribution is 6.09. The van der Waals surface area contributed by atoms with Crippen LogP contribution in [0.4, 0.5) is 0 Å². The van der Waals surface area contributed by atoms with Crippen LogP contribution in [0.5, 0.6) is 17.2 Å². The number of carbonyl (C=O) groups excluding carboxylic acids is 1. The molecule has 0 saturated carbocycles. The molecule has 0 saturated heterocycles. The van der Waals surface area contributed by atoms with E-state index in [2.05, 4.69) is 0 Å². The monoisotopic (exact) mass is 414 g/mol. The van der Waals surface area contributed by atoms with E-state index in [0.717, 1.165) is 22.1 Å². The molecular weight excluding hydrogens is 392 g/mol. The van der Waals surface area contributed by atoms with Gasteiger partial charge in [-0.05, 0) is 42.0 Å². The largest absolute Gasteiger partial charge is 0.497 e. The van der Waals surface area contributed by atoms with Gasteiger partial charge in [-0.3, -0.25) is 4.79 Å². The molecule has 0 aliphatic heterocycles. The maximum Gasteiger partial charge on any atom is 0.189 e. The summed E-state index contributed by atoms with van der Waals surface area (Å²) < 4.78 is 22.1. The van der Waals surface area contributed by atoms with Crippen LogP contribution >= 0.6 is 0 Å². The van der Waals surface area contributed by atoms with Crippen molar-refractivity contribution in [2.45, 2.75) is 6.61 Å². The number of ether oxygens (including phenoxy) is 3. The zero-order chi connectivity index (χ0) is 21.6. The molecule has 5 nitrogen and oxygen atoms in total. The second kappa shape index (κ2) is 9.22. The van der Waals surface area contributed by atoms with Crippen molar-refractivity contribution in [3.8, 4) is 17.2 Å². The third-order valence-corrected chi connectivity index (χ3v) is 4.91. The van der Waals surface area contributed by atoms with Crippen LogP contribution in [0.1, 0.15) is 21.5 Å². The fourth-order valence-electron chi connectivity index (χ4n) is 3.26. The predicted octanol–water partition coefficient (Wildman–Crippen LogP) is 5.93. The molecule has 5 heteroatoms. The van der Waals surface area contributed by atoms with Crippen LogP contribution in [-0.4, -0.2) is 20.0 Å². The normalized spacial score (nSPS) is 11.0. The van der Waals surface area contributed by atoms with Gasteiger partial charge in [0, 0.05) is 23.1 Å². The Morgan fingerprint density at radius 1 is 0.935 bits per heavy atom. The van der Waals surface area contributed by atoms with Crippen LogP contribution < -0.4 is 14.2 Å². The van der Waals surface area contributed by atoms with Gasteiger partial charge in [0.05, 0.1) is 26.0 Å². The molecule has 0 atom stereocenters. The number of hydrogen-bond donors (Lipinski definition) is 0. The molecule has 0 N–H and O–H groups in total. The van der Waals surface area contributed by atoms with Gasteiger partial charge in [0.1, 0.15) is 29.4 Å². The van der Waals surface area contributed by atoms with Crippen LogP contribution in [0.2, 0.25) is 0 Å². The highest BCUT2D eigenvalue weighted by atomic mass is 16.5. The van der Waals surface area contributed by atoms with Crippen molar-refractivity contribution < 1.29 is 23.4 Å². The smallest absolute Gasteiger partial charge is 0.189 e. The van der Waals surface area contributed by atoms with E-state index in [4.69, 9.17) is 18.6 Å². The van der Waals surface area contributed by atoms with E-state index in [1.54, 1.807) is 50.8 Å². The van der Waals surface area contributed by atoms with Crippen molar-refractivity contribution in [3.05, 3.63) is 95.8 Å². The maximum atomic E-state index is 13.0. The first kappa shape index (κ1) is 20.3. The Kier molecular flexibility index (Phi) is 6.03. The summed E-state index contributed by atoms with van der Waals surface area (Å²) in [5.41, 5.74) is 2.98. The van der Waals surface area contributed by atoms with Crippen LogP contribution in [0.3, 0.4) is 0 Å². The van der Waals surface area contributed by atoms with Crippen LogP contribution in [0.25, 0.3) is 17.0 Å². The molecule has 4 rings (SSSR count). The zero-order valence-electron chi connectivity index (χ0n) is 17.3. The molecule has 31 heavy (non-hydrogen) atoms. The van der Waals surface area contributed by atoms with Crippen molar-refractivity contribution in [3.63, 3.8) is 0 Å². The lowest BCUT2D eigenvalue weighted by Crippen LogP contribution is -2.03. The molecule has 156 valence electrons. The van der Waals surface area contributed by atoms with E-state index < -0.39 is 0 Å². The minimum absolute atomic E-state index is 0.181. The first-order valence-electron chi connectivity index (χ1n) is 9.80. The average molecular weight is 414 g/mol. The number of fused-ring (bicyclic) bond motifs is 1. The summed E-state index contributed by atoms with van der Waals surface area (Å²) in [6, 6.07) is 20.6. The van der Waals surface area contributed by atoms with E-state index >= 15 is 0 Å². The number of allylic oxidation sites excluding steroid dienone is 1. The Bertz CT molecular complexity index is 1220. The van der Waals surface area contributed by atoms with E-state index in [-0.39, 0.29) is 5.78 Å². The zero-order valence-corrected chi connectivity index (χ0v) is 17.3. The number of furan rings is 1. The van der Waals surface area contributed by atoms with Gasteiger partial charge in [-0.2, -0.15) is 0 Å². The Morgan fingerprint density at radius 2 is 1.77 bits per heavy atom. The van der Waals surface area contributed by atoms with Crippen molar-refractivity contribution in [2.75, 3.05) is 14.2 Å². The van der Waals surface area contributed by atoms with Crippen LogP contribution in [0.15, 0.2) is 83.5 Å². The molecule has 0 spiro atoms. The fraction of sp³-hybridized carbons (Fsp3) is 0.115. The molecule has 0 bridgehead atoms. The quantitative estimate of drug-likeness (QED) is 0.264. The summed E-state index contributed by atoms with van der Waals surface area (Å²) in [6.45, 7) is 0.350. The second-order valence-corrected chi connectivity index (χ2v) is 6.89. The van der Waals surface area contributed by atoms with Crippen molar-refractivity contribution >= 4 is 22.8 Å². The highest BCUT2D eigenvalue weighted by Crippen LogP contribution is 2.29. The van der Waals surface area contributed by atoms with Crippen LogP contribution in [0, 0.1) is 0 Å². The number of ketones is 1. The minimum Gasteiger partial charge on any atom is -0.497 e. The molecule has 0 aliphatic rings. The first-order valence-corrected chi connectivity index (χ1v) is 9.80. The summed E-state index contributed by atoms with van der Waals surface area (Å²) in [5, 5.41) is 0.934. The molecule has 4 aromatic rings. The fourth-order valence-corrected chi connectivity index (χ4v) is 3.26. The molecular formula is C26H22O5. The summed E-state index contributed by atoms with van der Waals surface area (Å²) in [5.74, 6) is 1.53. The molecule has 0 radical (unpaired) electrons. The number of carbonyl (C=O) groups is 1. The Balaban J connectivity index is 1.60. The maximum absolute atomic E-state index is 13.0. The second-order valence-electron chi connectivity index (χ2n) is 6.89. The average Bonchev–Trinajstić information content (AvgIpc) is 3.28. The topological polar surface area (TPSA) is 57.9 Å². The van der Waals surface area contributed by atoms with Crippen LogP contribution in [-0.2, 0) is 6.61 Å². The standard InChI is InChI=1S/C26H22O5/c1-28-21-9-10-22(26(15-21)31-17-18-6-4-3-5-7-18)23(27)11-8-19-14-20-12-13-30-25(20)16-24(19)29-2/h3-16H,17H2,1-2H3.